The molecule has 0 saturated carbocycles. The highest BCUT2D eigenvalue weighted by Crippen LogP contribution is 2.23. The zero-order valence-electron chi connectivity index (χ0n) is 21.0. The van der Waals surface area contributed by atoms with Crippen molar-refractivity contribution in [1.82, 2.24) is 10.2 Å². The van der Waals surface area contributed by atoms with Gasteiger partial charge in [-0.2, -0.15) is 0 Å². The number of methoxy groups -OCH3 is 1. The quantitative estimate of drug-likeness (QED) is 0.584. The molecule has 2 aromatic carbocycles. The van der Waals surface area contributed by atoms with E-state index in [1.807, 2.05) is 26.8 Å². The molecule has 0 aliphatic carbocycles. The van der Waals surface area contributed by atoms with E-state index in [9.17, 15) is 18.0 Å². The van der Waals surface area contributed by atoms with Gasteiger partial charge in [-0.15, -0.1) is 0 Å². The molecule has 0 aromatic heterocycles. The monoisotopic (exact) mass is 489 g/mol. The lowest BCUT2D eigenvalue weighted by Crippen LogP contribution is -2.54. The third-order valence-electron chi connectivity index (χ3n) is 5.22. The van der Waals surface area contributed by atoms with Crippen LogP contribution in [0, 0.1) is 6.92 Å². The maximum absolute atomic E-state index is 13.6. The second-order valence-electron chi connectivity index (χ2n) is 9.34. The van der Waals surface area contributed by atoms with Crippen molar-refractivity contribution in [3.05, 3.63) is 59.7 Å². The topological polar surface area (TPSA) is 96.0 Å². The molecule has 0 fully saturated rings. The van der Waals surface area contributed by atoms with Crippen molar-refractivity contribution in [2.45, 2.75) is 52.7 Å². The van der Waals surface area contributed by atoms with Gasteiger partial charge in [0, 0.05) is 12.1 Å². The number of aryl methyl sites for hydroxylation is 1. The molecule has 2 aromatic rings. The summed E-state index contributed by atoms with van der Waals surface area (Å²) in [5.41, 5.74) is 1.41. The van der Waals surface area contributed by atoms with Crippen LogP contribution >= 0.6 is 0 Å². The van der Waals surface area contributed by atoms with Crippen LogP contribution in [0.4, 0.5) is 5.69 Å². The number of carbonyl (C=O) groups is 2. The van der Waals surface area contributed by atoms with E-state index >= 15 is 0 Å². The molecule has 9 heteroatoms. The number of nitrogens with zero attached hydrogens (tertiary/aromatic N) is 2. The van der Waals surface area contributed by atoms with E-state index in [0.717, 1.165) is 21.7 Å². The number of ether oxygens (including phenoxy) is 1. The van der Waals surface area contributed by atoms with Crippen LogP contribution in [-0.4, -0.2) is 56.6 Å². The zero-order valence-corrected chi connectivity index (χ0v) is 21.8. The fourth-order valence-corrected chi connectivity index (χ4v) is 4.37. The number of anilines is 1. The molecule has 2 rings (SSSR count). The summed E-state index contributed by atoms with van der Waals surface area (Å²) in [7, 11) is -2.21. The Morgan fingerprint density at radius 3 is 2.29 bits per heavy atom. The Balaban J connectivity index is 2.43. The Morgan fingerprint density at radius 1 is 1.09 bits per heavy atom. The summed E-state index contributed by atoms with van der Waals surface area (Å²) >= 11 is 0. The van der Waals surface area contributed by atoms with Crippen molar-refractivity contribution < 1.29 is 22.7 Å². The highest BCUT2D eigenvalue weighted by molar-refractivity contribution is 7.92. The third-order valence-corrected chi connectivity index (χ3v) is 6.34. The number of hydrogen-bond acceptors (Lipinski definition) is 5. The van der Waals surface area contributed by atoms with Gasteiger partial charge in [0.1, 0.15) is 18.3 Å². The van der Waals surface area contributed by atoms with Crippen LogP contribution in [0.5, 0.6) is 5.75 Å². The highest BCUT2D eigenvalue weighted by Gasteiger charge is 2.31. The van der Waals surface area contributed by atoms with E-state index in [-0.39, 0.29) is 12.5 Å². The van der Waals surface area contributed by atoms with Gasteiger partial charge in [-0.05, 0) is 63.9 Å². The van der Waals surface area contributed by atoms with Gasteiger partial charge in [-0.3, -0.25) is 13.9 Å². The van der Waals surface area contributed by atoms with E-state index in [2.05, 4.69) is 5.32 Å². The average molecular weight is 490 g/mol. The SMILES string of the molecule is COc1cccc(CN(C(=O)CN(c2ccccc2C)S(C)(=O)=O)[C@@H](C)C(=O)NC(C)(C)C)c1. The minimum atomic E-state index is -3.76. The minimum Gasteiger partial charge on any atom is -0.497 e. The van der Waals surface area contributed by atoms with E-state index in [1.165, 1.54) is 4.90 Å². The van der Waals surface area contributed by atoms with Crippen LogP contribution < -0.4 is 14.4 Å². The predicted octanol–water partition coefficient (Wildman–Crippen LogP) is 3.10. The Kier molecular flexibility index (Phi) is 8.72. The van der Waals surface area contributed by atoms with Crippen molar-refractivity contribution >= 4 is 27.5 Å². The molecular formula is C25H35N3O5S. The Bertz CT molecular complexity index is 1130. The summed E-state index contributed by atoms with van der Waals surface area (Å²) in [6.45, 7) is 8.67. The molecule has 0 spiro atoms. The first-order valence-corrected chi connectivity index (χ1v) is 12.9. The first kappa shape index (κ1) is 27.2. The molecule has 0 heterocycles. The summed E-state index contributed by atoms with van der Waals surface area (Å²) in [6, 6.07) is 13.3. The average Bonchev–Trinajstić information content (AvgIpc) is 2.74. The van der Waals surface area contributed by atoms with Crippen molar-refractivity contribution in [2.75, 3.05) is 24.2 Å². The predicted molar refractivity (Wildman–Crippen MR) is 134 cm³/mol. The number of amides is 2. The van der Waals surface area contributed by atoms with Gasteiger partial charge >= 0.3 is 0 Å². The normalized spacial score (nSPS) is 12.6. The van der Waals surface area contributed by atoms with Crippen molar-refractivity contribution in [2.24, 2.45) is 0 Å². The second-order valence-corrected chi connectivity index (χ2v) is 11.3. The molecule has 0 aliphatic heterocycles. The Hall–Kier alpha value is -3.07. The maximum Gasteiger partial charge on any atom is 0.244 e. The van der Waals surface area contributed by atoms with Gasteiger partial charge in [-0.25, -0.2) is 8.42 Å². The van der Waals surface area contributed by atoms with Gasteiger partial charge in [0.25, 0.3) is 0 Å². The molecule has 0 unspecified atom stereocenters. The third kappa shape index (κ3) is 7.48. The summed E-state index contributed by atoms with van der Waals surface area (Å²) in [5.74, 6) is -0.201. The summed E-state index contributed by atoms with van der Waals surface area (Å²) < 4.78 is 31.6. The molecule has 0 radical (unpaired) electrons. The zero-order chi connectivity index (χ0) is 25.7. The molecule has 8 nitrogen and oxygen atoms in total. The van der Waals surface area contributed by atoms with Gasteiger partial charge < -0.3 is 15.0 Å². The van der Waals surface area contributed by atoms with E-state index < -0.39 is 34.1 Å². The molecule has 1 N–H and O–H groups in total. The van der Waals surface area contributed by atoms with Crippen LogP contribution in [0.2, 0.25) is 0 Å². The molecule has 186 valence electrons. The number of rotatable bonds is 9. The van der Waals surface area contributed by atoms with Crippen LogP contribution in [0.1, 0.15) is 38.8 Å². The molecule has 2 amide bonds. The smallest absolute Gasteiger partial charge is 0.244 e. The van der Waals surface area contributed by atoms with Crippen molar-refractivity contribution in [3.8, 4) is 5.75 Å². The molecule has 0 saturated heterocycles. The number of hydrogen-bond donors (Lipinski definition) is 1. The number of sulfonamides is 1. The van der Waals surface area contributed by atoms with Crippen LogP contribution in [0.15, 0.2) is 48.5 Å². The van der Waals surface area contributed by atoms with E-state index in [4.69, 9.17) is 4.74 Å². The standard InChI is InChI=1S/C25H35N3O5S/c1-18-11-8-9-14-22(18)28(34(7,31)32)17-23(29)27(19(2)24(30)26-25(3,4)5)16-20-12-10-13-21(15-20)33-6/h8-15,19H,16-17H2,1-7H3,(H,26,30)/t19-/m0/s1. The summed E-state index contributed by atoms with van der Waals surface area (Å²) in [4.78, 5) is 27.9. The van der Waals surface area contributed by atoms with Crippen molar-refractivity contribution in [1.29, 1.82) is 0 Å². The van der Waals surface area contributed by atoms with E-state index in [0.29, 0.717) is 11.4 Å². The van der Waals surface area contributed by atoms with Gasteiger partial charge in [0.05, 0.1) is 19.1 Å². The number of nitrogens with one attached hydrogen (secondary N) is 1. The summed E-state index contributed by atoms with van der Waals surface area (Å²) in [6.07, 6.45) is 1.06. The molecule has 34 heavy (non-hydrogen) atoms. The second kappa shape index (κ2) is 10.9. The first-order chi connectivity index (χ1) is 15.7. The van der Waals surface area contributed by atoms with E-state index in [1.54, 1.807) is 63.4 Å². The fraction of sp³-hybridized carbons (Fsp3) is 0.440. The van der Waals surface area contributed by atoms with Crippen LogP contribution in [0.25, 0.3) is 0 Å². The number of carbonyl (C=O) groups excluding carboxylic acids is 2. The van der Waals surface area contributed by atoms with Crippen LogP contribution in [0.3, 0.4) is 0 Å². The molecule has 0 bridgehead atoms. The lowest BCUT2D eigenvalue weighted by Gasteiger charge is -2.33. The van der Waals surface area contributed by atoms with Gasteiger partial charge in [0.2, 0.25) is 21.8 Å². The molecule has 0 aliphatic rings. The summed E-state index contributed by atoms with van der Waals surface area (Å²) in [5, 5.41) is 2.90. The number of benzene rings is 2. The van der Waals surface area contributed by atoms with Gasteiger partial charge in [-0.1, -0.05) is 30.3 Å². The Morgan fingerprint density at radius 2 is 1.74 bits per heavy atom. The Labute approximate surface area is 202 Å². The molecule has 1 atom stereocenters. The highest BCUT2D eigenvalue weighted by atomic mass is 32.2. The largest absolute Gasteiger partial charge is 0.497 e. The van der Waals surface area contributed by atoms with Crippen molar-refractivity contribution in [3.63, 3.8) is 0 Å². The lowest BCUT2D eigenvalue weighted by molar-refractivity contribution is -0.140. The first-order valence-electron chi connectivity index (χ1n) is 11.0. The maximum atomic E-state index is 13.6. The molecular weight excluding hydrogens is 454 g/mol. The number of para-hydroxylation sites is 1. The van der Waals surface area contributed by atoms with Gasteiger partial charge in [0.15, 0.2) is 0 Å². The van der Waals surface area contributed by atoms with Crippen LogP contribution in [-0.2, 0) is 26.2 Å². The lowest BCUT2D eigenvalue weighted by atomic mass is 10.1. The minimum absolute atomic E-state index is 0.111. The fourth-order valence-electron chi connectivity index (χ4n) is 3.46.